The fraction of sp³-hybridized carbons (Fsp3) is 0.538. The van der Waals surface area contributed by atoms with Crippen LogP contribution in [0.1, 0.15) is 32.5 Å². The van der Waals surface area contributed by atoms with Crippen LogP contribution in [-0.2, 0) is 11.3 Å². The minimum atomic E-state index is -0.606. The molecule has 1 aromatic rings. The van der Waals surface area contributed by atoms with Crippen LogP contribution in [0, 0.1) is 12.3 Å². The Hall–Kier alpha value is -2.00. The molecule has 2 N–H and O–H groups in total. The lowest BCUT2D eigenvalue weighted by Crippen LogP contribution is -2.37. The number of hydrogen-bond acceptors (Lipinski definition) is 4. The maximum atomic E-state index is 11.7. The van der Waals surface area contributed by atoms with Crippen LogP contribution in [-0.4, -0.2) is 33.0 Å². The number of rotatable bonds is 4. The number of alkyl carbamates (subject to hydrolysis) is 1. The third-order valence-electron chi connectivity index (χ3n) is 2.24. The van der Waals surface area contributed by atoms with Gasteiger partial charge in [-0.2, -0.15) is 0 Å². The molecule has 0 aliphatic carbocycles. The van der Waals surface area contributed by atoms with E-state index in [2.05, 4.69) is 16.2 Å². The normalized spacial score (nSPS) is 12.6. The van der Waals surface area contributed by atoms with Crippen molar-refractivity contribution >= 4 is 6.09 Å². The van der Waals surface area contributed by atoms with Gasteiger partial charge in [0.05, 0.1) is 37.4 Å². The summed E-state index contributed by atoms with van der Waals surface area (Å²) in [6, 6.07) is -0.606. The first-order valence-corrected chi connectivity index (χ1v) is 5.91. The van der Waals surface area contributed by atoms with E-state index in [1.165, 1.54) is 0 Å². The highest BCUT2D eigenvalue weighted by Crippen LogP contribution is 2.14. The van der Waals surface area contributed by atoms with Gasteiger partial charge in [-0.15, -0.1) is 6.42 Å². The maximum absolute atomic E-state index is 11.7. The number of terminal acetylenes is 1. The Morgan fingerprint density at radius 1 is 1.68 bits per heavy atom. The van der Waals surface area contributed by atoms with E-state index in [0.29, 0.717) is 12.2 Å². The van der Waals surface area contributed by atoms with E-state index in [0.717, 1.165) is 0 Å². The summed E-state index contributed by atoms with van der Waals surface area (Å²) in [5, 5.41) is 12.0. The Kier molecular flexibility index (Phi) is 4.95. The number of aliphatic hydroxyl groups excluding tert-OH is 1. The van der Waals surface area contributed by atoms with Gasteiger partial charge >= 0.3 is 6.09 Å². The molecule has 104 valence electrons. The second-order valence-corrected chi connectivity index (χ2v) is 5.03. The monoisotopic (exact) mass is 265 g/mol. The van der Waals surface area contributed by atoms with Crippen LogP contribution in [0.15, 0.2) is 12.5 Å². The van der Waals surface area contributed by atoms with Crippen LogP contribution in [0.4, 0.5) is 4.79 Å². The molecule has 6 heteroatoms. The number of carbonyl (C=O) groups excluding carboxylic acids is 1. The van der Waals surface area contributed by atoms with Crippen molar-refractivity contribution in [2.24, 2.45) is 0 Å². The number of carbonyl (C=O) groups is 1. The quantitative estimate of drug-likeness (QED) is 0.799. The molecule has 0 radical (unpaired) electrons. The second-order valence-electron chi connectivity index (χ2n) is 5.03. The molecule has 0 aliphatic rings. The van der Waals surface area contributed by atoms with E-state index >= 15 is 0 Å². The Morgan fingerprint density at radius 3 is 2.89 bits per heavy atom. The van der Waals surface area contributed by atoms with Crippen molar-refractivity contribution in [3.63, 3.8) is 0 Å². The number of aliphatic hydroxyl groups is 1. The van der Waals surface area contributed by atoms with Gasteiger partial charge in [-0.3, -0.25) is 0 Å². The summed E-state index contributed by atoms with van der Waals surface area (Å²) in [6.45, 7) is 5.35. The van der Waals surface area contributed by atoms with Crippen LogP contribution in [0.3, 0.4) is 0 Å². The molecular formula is C13H19N3O3. The summed E-state index contributed by atoms with van der Waals surface area (Å²) >= 11 is 0. The van der Waals surface area contributed by atoms with Crippen molar-refractivity contribution in [1.29, 1.82) is 0 Å². The molecule has 0 saturated carbocycles. The first kappa shape index (κ1) is 15.1. The summed E-state index contributed by atoms with van der Waals surface area (Å²) in [5.41, 5.74) is 0.0367. The van der Waals surface area contributed by atoms with Crippen LogP contribution >= 0.6 is 0 Å². The van der Waals surface area contributed by atoms with E-state index in [-0.39, 0.29) is 6.61 Å². The average Bonchev–Trinajstić information content (AvgIpc) is 2.72. The zero-order valence-corrected chi connectivity index (χ0v) is 11.4. The Morgan fingerprint density at radius 2 is 2.37 bits per heavy atom. The highest BCUT2D eigenvalue weighted by molar-refractivity contribution is 5.68. The molecule has 1 atom stereocenters. The molecule has 0 bridgehead atoms. The average molecular weight is 265 g/mol. The lowest BCUT2D eigenvalue weighted by Gasteiger charge is -2.23. The summed E-state index contributed by atoms with van der Waals surface area (Å²) in [4.78, 5) is 15.6. The Labute approximate surface area is 112 Å². The summed E-state index contributed by atoms with van der Waals surface area (Å²) < 4.78 is 6.82. The third-order valence-corrected chi connectivity index (χ3v) is 2.24. The fourth-order valence-corrected chi connectivity index (χ4v) is 1.51. The molecule has 1 aromatic heterocycles. The number of nitrogens with zero attached hydrogens (tertiary/aromatic N) is 2. The third kappa shape index (κ3) is 4.64. The summed E-state index contributed by atoms with van der Waals surface area (Å²) in [7, 11) is 0. The molecule has 0 saturated heterocycles. The zero-order chi connectivity index (χ0) is 14.5. The molecule has 1 unspecified atom stereocenters. The molecule has 1 heterocycles. The molecule has 6 nitrogen and oxygen atoms in total. The number of ether oxygens (including phenoxy) is 1. The first-order valence-electron chi connectivity index (χ1n) is 5.91. The predicted octanol–water partition coefficient (Wildman–Crippen LogP) is 1.07. The van der Waals surface area contributed by atoms with Gasteiger partial charge in [0.25, 0.3) is 0 Å². The van der Waals surface area contributed by atoms with E-state index in [4.69, 9.17) is 11.2 Å². The van der Waals surface area contributed by atoms with Crippen molar-refractivity contribution in [3.05, 3.63) is 18.2 Å². The van der Waals surface area contributed by atoms with E-state index in [9.17, 15) is 9.90 Å². The van der Waals surface area contributed by atoms with Crippen LogP contribution in [0.25, 0.3) is 0 Å². The molecule has 0 aliphatic heterocycles. The highest BCUT2D eigenvalue weighted by Gasteiger charge is 2.22. The maximum Gasteiger partial charge on any atom is 0.408 e. The van der Waals surface area contributed by atoms with Gasteiger partial charge in [0, 0.05) is 0 Å². The molecule has 1 amide bonds. The van der Waals surface area contributed by atoms with Gasteiger partial charge in [0.1, 0.15) is 5.60 Å². The molecule has 19 heavy (non-hydrogen) atoms. The predicted molar refractivity (Wildman–Crippen MR) is 70.3 cm³/mol. The van der Waals surface area contributed by atoms with Crippen molar-refractivity contribution in [2.45, 2.75) is 39.0 Å². The number of nitrogens with one attached hydrogen (secondary N) is 1. The fourth-order valence-electron chi connectivity index (χ4n) is 1.51. The van der Waals surface area contributed by atoms with Gasteiger partial charge in [-0.05, 0) is 20.8 Å². The van der Waals surface area contributed by atoms with Gasteiger partial charge in [0.15, 0.2) is 0 Å². The van der Waals surface area contributed by atoms with Gasteiger partial charge < -0.3 is 19.7 Å². The van der Waals surface area contributed by atoms with Crippen LogP contribution in [0.2, 0.25) is 0 Å². The number of imidazole rings is 1. The van der Waals surface area contributed by atoms with Crippen LogP contribution < -0.4 is 5.32 Å². The van der Waals surface area contributed by atoms with E-state index in [1.54, 1.807) is 37.9 Å². The van der Waals surface area contributed by atoms with Crippen molar-refractivity contribution < 1.29 is 14.6 Å². The molecule has 0 fully saturated rings. The van der Waals surface area contributed by atoms with Gasteiger partial charge in [-0.25, -0.2) is 9.78 Å². The molecule has 0 aromatic carbocycles. The summed E-state index contributed by atoms with van der Waals surface area (Å²) in [5.74, 6) is 2.48. The Balaban J connectivity index is 2.76. The minimum absolute atomic E-state index is 0.268. The lowest BCUT2D eigenvalue weighted by molar-refractivity contribution is 0.0479. The topological polar surface area (TPSA) is 76.4 Å². The van der Waals surface area contributed by atoms with Crippen molar-refractivity contribution in [3.8, 4) is 12.3 Å². The molecule has 1 rings (SSSR count). The lowest BCUT2D eigenvalue weighted by atomic mass is 10.2. The van der Waals surface area contributed by atoms with Gasteiger partial charge in [-0.1, -0.05) is 5.92 Å². The largest absolute Gasteiger partial charge is 0.444 e. The zero-order valence-electron chi connectivity index (χ0n) is 11.4. The SMILES string of the molecule is C#CCn1cncc1C(CO)NC(=O)OC(C)(C)C. The summed E-state index contributed by atoms with van der Waals surface area (Å²) in [6.07, 6.45) is 7.75. The smallest absolute Gasteiger partial charge is 0.408 e. The van der Waals surface area contributed by atoms with Gasteiger partial charge in [0.2, 0.25) is 0 Å². The Bertz CT molecular complexity index is 468. The number of hydrogen-bond donors (Lipinski definition) is 2. The highest BCUT2D eigenvalue weighted by atomic mass is 16.6. The van der Waals surface area contributed by atoms with Crippen molar-refractivity contribution in [1.82, 2.24) is 14.9 Å². The second kappa shape index (κ2) is 6.25. The number of aromatic nitrogens is 2. The number of amides is 1. The first-order chi connectivity index (χ1) is 8.87. The molecular weight excluding hydrogens is 246 g/mol. The molecule has 0 spiro atoms. The van der Waals surface area contributed by atoms with E-state index < -0.39 is 17.7 Å². The van der Waals surface area contributed by atoms with E-state index in [1.807, 2.05) is 0 Å². The van der Waals surface area contributed by atoms with Crippen molar-refractivity contribution in [2.75, 3.05) is 6.61 Å². The van der Waals surface area contributed by atoms with Crippen LogP contribution in [0.5, 0.6) is 0 Å². The minimum Gasteiger partial charge on any atom is -0.444 e. The standard InChI is InChI=1S/C13H19N3O3/c1-5-6-16-9-14-7-11(16)10(8-17)15-12(18)19-13(2,3)4/h1,7,9-10,17H,6,8H2,2-4H3,(H,15,18).